The van der Waals surface area contributed by atoms with Gasteiger partial charge in [0.05, 0.1) is 0 Å². The number of carboxylic acids is 1. The average Bonchev–Trinajstić information content (AvgIpc) is 2.86. The van der Waals surface area contributed by atoms with E-state index in [1.165, 1.54) is 37.0 Å². The molecule has 2 rings (SSSR count). The van der Waals surface area contributed by atoms with Gasteiger partial charge in [0.25, 0.3) is 0 Å². The predicted molar refractivity (Wildman–Crippen MR) is 65.0 cm³/mol. The van der Waals surface area contributed by atoms with Gasteiger partial charge in [-0.3, -0.25) is 4.90 Å². The number of hydrogen-bond acceptors (Lipinski definition) is 3. The summed E-state index contributed by atoms with van der Waals surface area (Å²) >= 11 is 1.32. The molecular weight excluding hydrogens is 222 g/mol. The summed E-state index contributed by atoms with van der Waals surface area (Å²) in [5.41, 5.74) is 0.951. The number of carboxylic acid groups (broad SMARTS) is 1. The van der Waals surface area contributed by atoms with Crippen LogP contribution in [0.25, 0.3) is 0 Å². The molecule has 0 saturated heterocycles. The Bertz CT molecular complexity index is 369. The van der Waals surface area contributed by atoms with Crippen LogP contribution >= 0.6 is 11.3 Å². The van der Waals surface area contributed by atoms with Crippen molar-refractivity contribution < 1.29 is 9.90 Å². The Morgan fingerprint density at radius 3 is 2.88 bits per heavy atom. The van der Waals surface area contributed by atoms with E-state index in [-0.39, 0.29) is 0 Å². The quantitative estimate of drug-likeness (QED) is 0.878. The van der Waals surface area contributed by atoms with E-state index in [1.54, 1.807) is 0 Å². The SMILES string of the molecule is CN(Cc1ccsc1C(=O)O)C1CCCC1. The fourth-order valence-electron chi connectivity index (χ4n) is 2.39. The Hall–Kier alpha value is -0.870. The molecule has 0 amide bonds. The molecule has 0 spiro atoms. The summed E-state index contributed by atoms with van der Waals surface area (Å²) in [7, 11) is 2.10. The Balaban J connectivity index is 2.02. The molecule has 1 fully saturated rings. The maximum absolute atomic E-state index is 11.0. The predicted octanol–water partition coefficient (Wildman–Crippen LogP) is 2.82. The minimum absolute atomic E-state index is 0.491. The fourth-order valence-corrected chi connectivity index (χ4v) is 3.14. The first-order chi connectivity index (χ1) is 7.68. The molecule has 0 atom stereocenters. The van der Waals surface area contributed by atoms with Crippen molar-refractivity contribution in [1.29, 1.82) is 0 Å². The zero-order valence-electron chi connectivity index (χ0n) is 9.48. The van der Waals surface area contributed by atoms with Crippen molar-refractivity contribution in [1.82, 2.24) is 4.90 Å². The molecule has 0 aliphatic heterocycles. The molecule has 0 radical (unpaired) electrons. The number of carbonyl (C=O) groups is 1. The van der Waals surface area contributed by atoms with Crippen LogP contribution in [0.4, 0.5) is 0 Å². The number of rotatable bonds is 4. The van der Waals surface area contributed by atoms with Crippen LogP contribution < -0.4 is 0 Å². The smallest absolute Gasteiger partial charge is 0.346 e. The highest BCUT2D eigenvalue weighted by Gasteiger charge is 2.21. The van der Waals surface area contributed by atoms with Crippen LogP contribution in [0.5, 0.6) is 0 Å². The molecule has 0 aromatic carbocycles. The highest BCUT2D eigenvalue weighted by Crippen LogP contribution is 2.25. The van der Waals surface area contributed by atoms with Crippen LogP contribution in [0.15, 0.2) is 11.4 Å². The molecule has 4 heteroatoms. The molecule has 88 valence electrons. The third-order valence-corrected chi connectivity index (χ3v) is 4.25. The fraction of sp³-hybridized carbons (Fsp3) is 0.583. The van der Waals surface area contributed by atoms with Gasteiger partial charge in [-0.05, 0) is 36.9 Å². The molecule has 1 N–H and O–H groups in total. The van der Waals surface area contributed by atoms with Crippen LogP contribution in [0, 0.1) is 0 Å². The van der Waals surface area contributed by atoms with E-state index in [1.807, 2.05) is 11.4 Å². The first-order valence-electron chi connectivity index (χ1n) is 5.68. The summed E-state index contributed by atoms with van der Waals surface area (Å²) in [5.74, 6) is -0.801. The summed E-state index contributed by atoms with van der Waals surface area (Å²) in [4.78, 5) is 13.8. The number of hydrogen-bond donors (Lipinski definition) is 1. The van der Waals surface area contributed by atoms with Gasteiger partial charge < -0.3 is 5.11 Å². The first kappa shape index (κ1) is 11.6. The van der Waals surface area contributed by atoms with Gasteiger partial charge in [-0.15, -0.1) is 11.3 Å². The van der Waals surface area contributed by atoms with Gasteiger partial charge in [-0.2, -0.15) is 0 Å². The molecule has 1 aliphatic rings. The van der Waals surface area contributed by atoms with E-state index in [0.29, 0.717) is 10.9 Å². The van der Waals surface area contributed by atoms with E-state index in [4.69, 9.17) is 5.11 Å². The lowest BCUT2D eigenvalue weighted by atomic mass is 10.2. The topological polar surface area (TPSA) is 40.5 Å². The van der Waals surface area contributed by atoms with E-state index in [9.17, 15) is 4.79 Å². The maximum Gasteiger partial charge on any atom is 0.346 e. The molecule has 1 saturated carbocycles. The molecule has 1 heterocycles. The van der Waals surface area contributed by atoms with Gasteiger partial charge in [0.1, 0.15) is 4.88 Å². The lowest BCUT2D eigenvalue weighted by Crippen LogP contribution is -2.28. The largest absolute Gasteiger partial charge is 0.477 e. The number of nitrogens with zero attached hydrogens (tertiary/aromatic N) is 1. The van der Waals surface area contributed by atoms with Crippen molar-refractivity contribution in [3.8, 4) is 0 Å². The lowest BCUT2D eigenvalue weighted by Gasteiger charge is -2.23. The second-order valence-corrected chi connectivity index (χ2v) is 5.35. The van der Waals surface area contributed by atoms with Crippen LogP contribution in [0.2, 0.25) is 0 Å². The van der Waals surface area contributed by atoms with Crippen molar-refractivity contribution in [3.05, 3.63) is 21.9 Å². The summed E-state index contributed by atoms with van der Waals surface area (Å²) in [6, 6.07) is 2.57. The van der Waals surface area contributed by atoms with Crippen LogP contribution in [-0.2, 0) is 6.54 Å². The summed E-state index contributed by atoms with van der Waals surface area (Å²) in [5, 5.41) is 10.9. The van der Waals surface area contributed by atoms with E-state index in [0.717, 1.165) is 12.1 Å². The Morgan fingerprint density at radius 2 is 2.25 bits per heavy atom. The zero-order chi connectivity index (χ0) is 11.5. The van der Waals surface area contributed by atoms with Gasteiger partial charge >= 0.3 is 5.97 Å². The van der Waals surface area contributed by atoms with Gasteiger partial charge in [-0.25, -0.2) is 4.79 Å². The van der Waals surface area contributed by atoms with E-state index in [2.05, 4.69) is 11.9 Å². The van der Waals surface area contributed by atoms with Gasteiger partial charge in [0.2, 0.25) is 0 Å². The lowest BCUT2D eigenvalue weighted by molar-refractivity contribution is 0.0699. The van der Waals surface area contributed by atoms with Crippen molar-refractivity contribution in [2.45, 2.75) is 38.3 Å². The first-order valence-corrected chi connectivity index (χ1v) is 6.56. The van der Waals surface area contributed by atoms with Gasteiger partial charge in [0.15, 0.2) is 0 Å². The average molecular weight is 239 g/mol. The Morgan fingerprint density at radius 1 is 1.56 bits per heavy atom. The van der Waals surface area contributed by atoms with Crippen LogP contribution in [-0.4, -0.2) is 29.1 Å². The van der Waals surface area contributed by atoms with Crippen molar-refractivity contribution in [2.75, 3.05) is 7.05 Å². The Kier molecular flexibility index (Phi) is 3.61. The second kappa shape index (κ2) is 4.97. The second-order valence-electron chi connectivity index (χ2n) is 4.43. The highest BCUT2D eigenvalue weighted by atomic mass is 32.1. The molecule has 0 unspecified atom stereocenters. The molecule has 3 nitrogen and oxygen atoms in total. The maximum atomic E-state index is 11.0. The third kappa shape index (κ3) is 2.44. The summed E-state index contributed by atoms with van der Waals surface area (Å²) in [6.45, 7) is 0.760. The molecule has 1 aromatic rings. The number of aromatic carboxylic acids is 1. The molecule has 1 aliphatic carbocycles. The molecular formula is C12H17NO2S. The van der Waals surface area contributed by atoms with Crippen molar-refractivity contribution >= 4 is 17.3 Å². The number of thiophene rings is 1. The molecule has 1 aromatic heterocycles. The summed E-state index contributed by atoms with van der Waals surface area (Å²) in [6.07, 6.45) is 5.13. The standard InChI is InChI=1S/C12H17NO2S/c1-13(10-4-2-3-5-10)8-9-6-7-16-11(9)12(14)15/h6-7,10H,2-5,8H2,1H3,(H,14,15). The van der Waals surface area contributed by atoms with E-state index >= 15 is 0 Å². The van der Waals surface area contributed by atoms with Crippen LogP contribution in [0.3, 0.4) is 0 Å². The minimum Gasteiger partial charge on any atom is -0.477 e. The van der Waals surface area contributed by atoms with Gasteiger partial charge in [0, 0.05) is 12.6 Å². The zero-order valence-corrected chi connectivity index (χ0v) is 10.3. The van der Waals surface area contributed by atoms with Crippen molar-refractivity contribution in [3.63, 3.8) is 0 Å². The highest BCUT2D eigenvalue weighted by molar-refractivity contribution is 7.12. The normalized spacial score (nSPS) is 17.1. The van der Waals surface area contributed by atoms with E-state index < -0.39 is 5.97 Å². The minimum atomic E-state index is -0.801. The summed E-state index contributed by atoms with van der Waals surface area (Å²) < 4.78 is 0. The molecule has 16 heavy (non-hydrogen) atoms. The Labute approximate surface area is 99.7 Å². The monoisotopic (exact) mass is 239 g/mol. The van der Waals surface area contributed by atoms with Gasteiger partial charge in [-0.1, -0.05) is 12.8 Å². The third-order valence-electron chi connectivity index (χ3n) is 3.31. The van der Waals surface area contributed by atoms with Crippen molar-refractivity contribution in [2.24, 2.45) is 0 Å². The van der Waals surface area contributed by atoms with Crippen LogP contribution in [0.1, 0.15) is 40.9 Å². The molecule has 0 bridgehead atoms.